The Bertz CT molecular complexity index is 733. The standard InChI is InChI=1S/C26H44O8S3/c1-3-5-7-9-13-24(15-17-35,22(30)31)26(19-37,34-21(29)12-11-20(27)28)25(16-18-36,23(32)33)14-10-8-6-4-2/h11-12,35-37H,3-10,13-19H2,1-2H3,(H,27,28)(H,30,31)(H,32,33). The van der Waals surface area contributed by atoms with E-state index in [1.165, 1.54) is 0 Å². The summed E-state index contributed by atoms with van der Waals surface area (Å²) in [6.45, 7) is 4.04. The lowest BCUT2D eigenvalue weighted by Crippen LogP contribution is -2.69. The fourth-order valence-corrected chi connectivity index (χ4v) is 6.69. The van der Waals surface area contributed by atoms with Crippen molar-refractivity contribution in [2.75, 3.05) is 17.3 Å². The predicted octanol–water partition coefficient (Wildman–Crippen LogP) is 5.56. The summed E-state index contributed by atoms with van der Waals surface area (Å²) >= 11 is 13.1. The van der Waals surface area contributed by atoms with Gasteiger partial charge < -0.3 is 20.1 Å². The van der Waals surface area contributed by atoms with E-state index in [2.05, 4.69) is 37.9 Å². The number of thiol groups is 3. The van der Waals surface area contributed by atoms with E-state index < -0.39 is 40.3 Å². The van der Waals surface area contributed by atoms with Crippen LogP contribution in [0, 0.1) is 10.8 Å². The van der Waals surface area contributed by atoms with Crippen LogP contribution in [-0.2, 0) is 23.9 Å². The van der Waals surface area contributed by atoms with Crippen molar-refractivity contribution in [3.8, 4) is 0 Å². The molecular weight excluding hydrogens is 536 g/mol. The molecular formula is C26H44O8S3. The summed E-state index contributed by atoms with van der Waals surface area (Å²) in [7, 11) is 0. The first kappa shape index (κ1) is 35.7. The maximum absolute atomic E-state index is 13.2. The lowest BCUT2D eigenvalue weighted by Gasteiger charge is -2.55. The van der Waals surface area contributed by atoms with Gasteiger partial charge in [-0.3, -0.25) is 9.59 Å². The molecule has 0 saturated carbocycles. The molecule has 0 fully saturated rings. The monoisotopic (exact) mass is 580 g/mol. The van der Waals surface area contributed by atoms with Crippen molar-refractivity contribution in [1.29, 1.82) is 0 Å². The van der Waals surface area contributed by atoms with Crippen LogP contribution in [0.1, 0.15) is 90.9 Å². The number of rotatable bonds is 22. The molecule has 214 valence electrons. The van der Waals surface area contributed by atoms with Crippen molar-refractivity contribution in [2.24, 2.45) is 10.8 Å². The Morgan fingerprint density at radius 1 is 0.676 bits per heavy atom. The zero-order valence-corrected chi connectivity index (χ0v) is 24.7. The lowest BCUT2D eigenvalue weighted by molar-refractivity contribution is -0.220. The van der Waals surface area contributed by atoms with Crippen LogP contribution in [0.5, 0.6) is 0 Å². The topological polar surface area (TPSA) is 138 Å². The first-order valence-corrected chi connectivity index (χ1v) is 14.8. The minimum Gasteiger partial charge on any atom is -0.481 e. The average molecular weight is 581 g/mol. The molecule has 0 aliphatic carbocycles. The van der Waals surface area contributed by atoms with Crippen LogP contribution in [0.2, 0.25) is 0 Å². The van der Waals surface area contributed by atoms with Gasteiger partial charge >= 0.3 is 23.9 Å². The average Bonchev–Trinajstić information content (AvgIpc) is 2.84. The number of aliphatic carboxylic acids is 3. The second-order valence-electron chi connectivity index (χ2n) is 9.42. The molecule has 2 atom stereocenters. The number of carboxylic acid groups (broad SMARTS) is 3. The van der Waals surface area contributed by atoms with Gasteiger partial charge in [-0.05, 0) is 37.2 Å². The highest BCUT2D eigenvalue weighted by molar-refractivity contribution is 7.80. The van der Waals surface area contributed by atoms with Crippen LogP contribution in [0.3, 0.4) is 0 Å². The first-order valence-electron chi connectivity index (χ1n) is 12.9. The van der Waals surface area contributed by atoms with E-state index >= 15 is 0 Å². The molecule has 0 radical (unpaired) electrons. The zero-order chi connectivity index (χ0) is 28.5. The van der Waals surface area contributed by atoms with Gasteiger partial charge in [-0.1, -0.05) is 65.2 Å². The van der Waals surface area contributed by atoms with Crippen LogP contribution in [-0.4, -0.2) is 62.1 Å². The Balaban J connectivity index is 7.35. The lowest BCUT2D eigenvalue weighted by atomic mass is 9.53. The van der Waals surface area contributed by atoms with E-state index in [0.717, 1.165) is 38.5 Å². The number of unbranched alkanes of at least 4 members (excludes halogenated alkanes) is 6. The van der Waals surface area contributed by atoms with Gasteiger partial charge in [0.2, 0.25) is 0 Å². The smallest absolute Gasteiger partial charge is 0.331 e. The van der Waals surface area contributed by atoms with E-state index in [4.69, 9.17) is 9.84 Å². The van der Waals surface area contributed by atoms with Crippen LogP contribution in [0.15, 0.2) is 12.2 Å². The first-order chi connectivity index (χ1) is 17.5. The summed E-state index contributed by atoms with van der Waals surface area (Å²) in [6, 6.07) is 0. The number of carbonyl (C=O) groups excluding carboxylic acids is 1. The maximum atomic E-state index is 13.2. The van der Waals surface area contributed by atoms with Gasteiger partial charge in [0, 0.05) is 17.9 Å². The Morgan fingerprint density at radius 3 is 1.41 bits per heavy atom. The Morgan fingerprint density at radius 2 is 1.11 bits per heavy atom. The number of hydrogen-bond donors (Lipinski definition) is 6. The van der Waals surface area contributed by atoms with Gasteiger partial charge in [0.1, 0.15) is 10.8 Å². The van der Waals surface area contributed by atoms with Gasteiger partial charge in [-0.15, -0.1) is 0 Å². The van der Waals surface area contributed by atoms with Crippen molar-refractivity contribution in [1.82, 2.24) is 0 Å². The summed E-state index contributed by atoms with van der Waals surface area (Å²) in [4.78, 5) is 50.4. The third-order valence-electron chi connectivity index (χ3n) is 7.22. The minimum atomic E-state index is -2.11. The molecule has 0 aromatic heterocycles. The third-order valence-corrected chi connectivity index (χ3v) is 8.11. The highest BCUT2D eigenvalue weighted by Crippen LogP contribution is 2.57. The molecule has 11 heteroatoms. The molecule has 2 unspecified atom stereocenters. The molecule has 3 N–H and O–H groups in total. The number of hydrogen-bond acceptors (Lipinski definition) is 8. The van der Waals surface area contributed by atoms with Gasteiger partial charge in [0.05, 0.1) is 0 Å². The highest BCUT2D eigenvalue weighted by Gasteiger charge is 2.70. The van der Waals surface area contributed by atoms with Crippen molar-refractivity contribution < 1.29 is 39.2 Å². The van der Waals surface area contributed by atoms with Crippen LogP contribution < -0.4 is 0 Å². The predicted molar refractivity (Wildman–Crippen MR) is 154 cm³/mol. The van der Waals surface area contributed by atoms with E-state index in [9.17, 15) is 29.4 Å². The van der Waals surface area contributed by atoms with E-state index in [-0.39, 0.29) is 42.9 Å². The van der Waals surface area contributed by atoms with Crippen molar-refractivity contribution in [3.63, 3.8) is 0 Å². The second kappa shape index (κ2) is 18.0. The second-order valence-corrected chi connectivity index (χ2v) is 10.6. The van der Waals surface area contributed by atoms with E-state index in [1.807, 2.05) is 13.8 Å². The molecule has 37 heavy (non-hydrogen) atoms. The minimum absolute atomic E-state index is 0.0515. The summed E-state index contributed by atoms with van der Waals surface area (Å²) in [5, 5.41) is 30.5. The summed E-state index contributed by atoms with van der Waals surface area (Å²) in [5.41, 5.74) is -5.77. The molecule has 0 aliphatic rings. The van der Waals surface area contributed by atoms with Crippen molar-refractivity contribution in [2.45, 2.75) is 96.5 Å². The molecule has 0 rings (SSSR count). The Kier molecular flexibility index (Phi) is 17.4. The number of ether oxygens (including phenoxy) is 1. The Labute approximate surface area is 237 Å². The van der Waals surface area contributed by atoms with Gasteiger partial charge in [0.15, 0.2) is 5.60 Å². The van der Waals surface area contributed by atoms with Gasteiger partial charge in [0.25, 0.3) is 0 Å². The SMILES string of the molecule is CCCCCCC(CCS)(C(=O)O)C(CS)(OC(=O)C=CC(=O)O)C(CCS)(CCCCCC)C(=O)O. The third kappa shape index (κ3) is 9.13. The largest absolute Gasteiger partial charge is 0.481 e. The highest BCUT2D eigenvalue weighted by atomic mass is 32.1. The molecule has 8 nitrogen and oxygen atoms in total. The molecule has 0 aliphatic heterocycles. The number of esters is 1. The fraction of sp³-hybridized carbons (Fsp3) is 0.769. The molecule has 0 spiro atoms. The van der Waals surface area contributed by atoms with Crippen molar-refractivity contribution >= 4 is 61.8 Å². The molecule has 0 aromatic rings. The van der Waals surface area contributed by atoms with Gasteiger partial charge in [-0.25, -0.2) is 9.59 Å². The molecule has 0 aromatic carbocycles. The van der Waals surface area contributed by atoms with Crippen LogP contribution in [0.4, 0.5) is 0 Å². The van der Waals surface area contributed by atoms with Crippen LogP contribution >= 0.6 is 37.9 Å². The molecule has 0 saturated heterocycles. The van der Waals surface area contributed by atoms with Crippen molar-refractivity contribution in [3.05, 3.63) is 12.2 Å². The van der Waals surface area contributed by atoms with E-state index in [0.29, 0.717) is 25.0 Å². The quantitative estimate of drug-likeness (QED) is 0.0424. The summed E-state index contributed by atoms with van der Waals surface area (Å²) < 4.78 is 5.92. The van der Waals surface area contributed by atoms with Gasteiger partial charge in [-0.2, -0.15) is 37.9 Å². The molecule has 0 amide bonds. The summed E-state index contributed by atoms with van der Waals surface area (Å²) in [6.07, 6.45) is 7.16. The van der Waals surface area contributed by atoms with Crippen LogP contribution in [0.25, 0.3) is 0 Å². The normalized spacial score (nSPS) is 16.5. The number of carbonyl (C=O) groups is 4. The zero-order valence-electron chi connectivity index (χ0n) is 22.0. The van der Waals surface area contributed by atoms with E-state index in [1.54, 1.807) is 0 Å². The maximum Gasteiger partial charge on any atom is 0.331 e. The number of carboxylic acids is 3. The molecule has 0 heterocycles. The Hall–Kier alpha value is -1.33. The fourth-order valence-electron chi connectivity index (χ4n) is 5.25. The summed E-state index contributed by atoms with van der Waals surface area (Å²) in [5.74, 6) is -5.29. The molecule has 0 bridgehead atoms.